The number of nitrogens with zero attached hydrogens (tertiary/aromatic N) is 3. The molecule has 0 N–H and O–H groups in total. The fourth-order valence-electron chi connectivity index (χ4n) is 4.46. The van der Waals surface area contributed by atoms with E-state index in [-0.39, 0.29) is 5.41 Å². The van der Waals surface area contributed by atoms with Crippen LogP contribution in [0.1, 0.15) is 50.1 Å². The highest BCUT2D eigenvalue weighted by Crippen LogP contribution is 2.32. The summed E-state index contributed by atoms with van der Waals surface area (Å²) < 4.78 is 7.74. The molecule has 0 bridgehead atoms. The summed E-state index contributed by atoms with van der Waals surface area (Å²) in [5.41, 5.74) is 6.21. The average molecular weight is 468 g/mol. The van der Waals surface area contributed by atoms with Gasteiger partial charge < -0.3 is 9.30 Å². The molecule has 0 saturated heterocycles. The van der Waals surface area contributed by atoms with Crippen molar-refractivity contribution in [3.63, 3.8) is 0 Å². The van der Waals surface area contributed by atoms with Crippen molar-refractivity contribution in [2.24, 2.45) is 5.41 Å². The molecule has 0 radical (unpaired) electrons. The number of hydrogen-bond acceptors (Lipinski definition) is 3. The Balaban J connectivity index is 2.05. The van der Waals surface area contributed by atoms with Gasteiger partial charge in [-0.15, -0.1) is 0 Å². The zero-order chi connectivity index (χ0) is 24.0. The van der Waals surface area contributed by atoms with Crippen molar-refractivity contribution < 1.29 is 4.74 Å². The molecule has 0 aliphatic rings. The summed E-state index contributed by atoms with van der Waals surface area (Å²) in [6, 6.07) is 17.1. The van der Waals surface area contributed by atoms with Crippen LogP contribution in [-0.4, -0.2) is 34.7 Å². The first-order valence-electron chi connectivity index (χ1n) is 11.8. The van der Waals surface area contributed by atoms with Gasteiger partial charge in [0.15, 0.2) is 5.15 Å². The summed E-state index contributed by atoms with van der Waals surface area (Å²) in [5.74, 6) is 0.942. The van der Waals surface area contributed by atoms with E-state index in [0.29, 0.717) is 18.3 Å². The van der Waals surface area contributed by atoms with Crippen LogP contribution in [0.15, 0.2) is 48.5 Å². The highest BCUT2D eigenvalue weighted by molar-refractivity contribution is 6.30. The molecule has 0 saturated carbocycles. The van der Waals surface area contributed by atoms with Crippen molar-refractivity contribution in [2.45, 2.75) is 60.7 Å². The normalized spacial score (nSPS) is 12.0. The Bertz CT molecular complexity index is 1040. The van der Waals surface area contributed by atoms with Crippen LogP contribution in [0, 0.1) is 12.3 Å². The second kappa shape index (κ2) is 11.3. The molecular formula is C28H38ClN3O. The van der Waals surface area contributed by atoms with Crippen molar-refractivity contribution in [3.8, 4) is 11.4 Å². The standard InChI is InChI=1S/C28H38ClN3O/c1-7-23-15-11-12-21(2)25(23)27-30-26(29)24(32(27)16-17-33-6)19-31(20-28(3,4)5)18-22-13-9-8-10-14-22/h8-15H,7,16-20H2,1-6H3. The molecule has 0 aliphatic carbocycles. The maximum atomic E-state index is 6.85. The fraction of sp³-hybridized carbons (Fsp3) is 0.464. The molecule has 3 rings (SSSR count). The molecule has 33 heavy (non-hydrogen) atoms. The van der Waals surface area contributed by atoms with E-state index in [9.17, 15) is 0 Å². The minimum atomic E-state index is 0.160. The minimum absolute atomic E-state index is 0.160. The second-order valence-electron chi connectivity index (χ2n) is 9.97. The number of halogens is 1. The Morgan fingerprint density at radius 3 is 2.39 bits per heavy atom. The topological polar surface area (TPSA) is 30.3 Å². The molecular weight excluding hydrogens is 430 g/mol. The van der Waals surface area contributed by atoms with Gasteiger partial charge in [-0.25, -0.2) is 4.98 Å². The van der Waals surface area contributed by atoms with Crippen molar-refractivity contribution in [1.82, 2.24) is 14.5 Å². The highest BCUT2D eigenvalue weighted by Gasteiger charge is 2.24. The van der Waals surface area contributed by atoms with Gasteiger partial charge in [0.1, 0.15) is 5.82 Å². The van der Waals surface area contributed by atoms with Crippen LogP contribution in [0.2, 0.25) is 5.15 Å². The van der Waals surface area contributed by atoms with Crippen LogP contribution < -0.4 is 0 Å². The van der Waals surface area contributed by atoms with E-state index >= 15 is 0 Å². The summed E-state index contributed by atoms with van der Waals surface area (Å²) >= 11 is 6.85. The SMILES string of the molecule is CCc1cccc(C)c1-c1nc(Cl)c(CN(Cc2ccccc2)CC(C)(C)C)n1CCOC. The lowest BCUT2D eigenvalue weighted by atomic mass is 9.95. The van der Waals surface area contributed by atoms with Crippen molar-refractivity contribution in [3.05, 3.63) is 76.1 Å². The first-order chi connectivity index (χ1) is 15.7. The fourth-order valence-corrected chi connectivity index (χ4v) is 4.70. The van der Waals surface area contributed by atoms with Gasteiger partial charge in [0.25, 0.3) is 0 Å². The third-order valence-electron chi connectivity index (χ3n) is 5.83. The van der Waals surface area contributed by atoms with Crippen molar-refractivity contribution in [2.75, 3.05) is 20.3 Å². The summed E-state index contributed by atoms with van der Waals surface area (Å²) in [6.45, 7) is 15.0. The molecule has 0 unspecified atom stereocenters. The van der Waals surface area contributed by atoms with Crippen LogP contribution in [0.25, 0.3) is 11.4 Å². The van der Waals surface area contributed by atoms with E-state index in [0.717, 1.165) is 37.6 Å². The number of aryl methyl sites for hydroxylation is 2. The molecule has 0 aliphatic heterocycles. The molecule has 1 aromatic heterocycles. The molecule has 4 nitrogen and oxygen atoms in total. The van der Waals surface area contributed by atoms with Crippen molar-refractivity contribution >= 4 is 11.6 Å². The minimum Gasteiger partial charge on any atom is -0.383 e. The Hall–Kier alpha value is -2.14. The number of rotatable bonds is 10. The molecule has 3 aromatic rings. The van der Waals surface area contributed by atoms with Crippen LogP contribution in [0.3, 0.4) is 0 Å². The second-order valence-corrected chi connectivity index (χ2v) is 10.3. The number of aromatic nitrogens is 2. The number of benzene rings is 2. The van der Waals surface area contributed by atoms with Gasteiger partial charge in [0.05, 0.1) is 12.3 Å². The van der Waals surface area contributed by atoms with Gasteiger partial charge in [-0.3, -0.25) is 4.90 Å². The number of hydrogen-bond donors (Lipinski definition) is 0. The Labute approximate surface area is 204 Å². The van der Waals surface area contributed by atoms with E-state index in [1.54, 1.807) is 7.11 Å². The third-order valence-corrected chi connectivity index (χ3v) is 6.13. The number of ether oxygens (including phenoxy) is 1. The quantitative estimate of drug-likeness (QED) is 0.329. The van der Waals surface area contributed by atoms with E-state index in [1.165, 1.54) is 22.3 Å². The Morgan fingerprint density at radius 2 is 1.76 bits per heavy atom. The molecule has 0 atom stereocenters. The third kappa shape index (κ3) is 6.69. The van der Waals surface area contributed by atoms with E-state index in [1.807, 2.05) is 0 Å². The smallest absolute Gasteiger partial charge is 0.152 e. The van der Waals surface area contributed by atoms with Crippen LogP contribution in [0.5, 0.6) is 0 Å². The van der Waals surface area contributed by atoms with Gasteiger partial charge in [-0.05, 0) is 35.4 Å². The summed E-state index contributed by atoms with van der Waals surface area (Å²) in [6.07, 6.45) is 0.950. The van der Waals surface area contributed by atoms with Gasteiger partial charge in [0, 0.05) is 38.9 Å². The lowest BCUT2D eigenvalue weighted by Crippen LogP contribution is -2.33. The van der Waals surface area contributed by atoms with Gasteiger partial charge in [-0.1, -0.05) is 87.8 Å². The molecule has 0 spiro atoms. The molecule has 0 fully saturated rings. The monoisotopic (exact) mass is 467 g/mol. The average Bonchev–Trinajstić information content (AvgIpc) is 3.06. The summed E-state index contributed by atoms with van der Waals surface area (Å²) in [5, 5.41) is 0.582. The van der Waals surface area contributed by atoms with Gasteiger partial charge in [0.2, 0.25) is 0 Å². The number of methoxy groups -OCH3 is 1. The predicted octanol–water partition coefficient (Wildman–Crippen LogP) is 6.77. The molecule has 5 heteroatoms. The van der Waals surface area contributed by atoms with Crippen LogP contribution in [0.4, 0.5) is 0 Å². The lowest BCUT2D eigenvalue weighted by Gasteiger charge is -2.30. The predicted molar refractivity (Wildman–Crippen MR) is 139 cm³/mol. The first kappa shape index (κ1) is 25.5. The maximum Gasteiger partial charge on any atom is 0.152 e. The molecule has 1 heterocycles. The molecule has 178 valence electrons. The van der Waals surface area contributed by atoms with Crippen molar-refractivity contribution in [1.29, 1.82) is 0 Å². The summed E-state index contributed by atoms with van der Waals surface area (Å²) in [4.78, 5) is 7.38. The van der Waals surface area contributed by atoms with E-state index in [4.69, 9.17) is 21.3 Å². The maximum absolute atomic E-state index is 6.85. The first-order valence-corrected chi connectivity index (χ1v) is 12.2. The van der Waals surface area contributed by atoms with Crippen LogP contribution in [-0.2, 0) is 30.8 Å². The van der Waals surface area contributed by atoms with E-state index in [2.05, 4.69) is 92.6 Å². The number of imidazole rings is 1. The Kier molecular flexibility index (Phi) is 8.75. The molecule has 2 aromatic carbocycles. The highest BCUT2D eigenvalue weighted by atomic mass is 35.5. The molecule has 0 amide bonds. The summed E-state index contributed by atoms with van der Waals surface area (Å²) in [7, 11) is 1.74. The van der Waals surface area contributed by atoms with E-state index < -0.39 is 0 Å². The zero-order valence-corrected chi connectivity index (χ0v) is 21.7. The van der Waals surface area contributed by atoms with Gasteiger partial charge in [-0.2, -0.15) is 0 Å². The zero-order valence-electron chi connectivity index (χ0n) is 21.0. The lowest BCUT2D eigenvalue weighted by molar-refractivity contribution is 0.166. The largest absolute Gasteiger partial charge is 0.383 e. The Morgan fingerprint density at radius 1 is 1.03 bits per heavy atom. The van der Waals surface area contributed by atoms with Gasteiger partial charge >= 0.3 is 0 Å². The van der Waals surface area contributed by atoms with Crippen LogP contribution >= 0.6 is 11.6 Å².